The van der Waals surface area contributed by atoms with Gasteiger partial charge in [0.05, 0.1) is 10.9 Å². The van der Waals surface area contributed by atoms with E-state index in [2.05, 4.69) is 10.6 Å². The van der Waals surface area contributed by atoms with Gasteiger partial charge in [0, 0.05) is 19.6 Å². The molecule has 26 heavy (non-hydrogen) atoms. The van der Waals surface area contributed by atoms with Gasteiger partial charge in [0.1, 0.15) is 0 Å². The van der Waals surface area contributed by atoms with Crippen LogP contribution in [0, 0.1) is 5.92 Å². The van der Waals surface area contributed by atoms with Gasteiger partial charge in [-0.2, -0.15) is 4.31 Å². The molecular weight excluding hydrogens is 350 g/mol. The number of carbonyl (C=O) groups is 1. The summed E-state index contributed by atoms with van der Waals surface area (Å²) >= 11 is 0. The van der Waals surface area contributed by atoms with E-state index in [4.69, 9.17) is 0 Å². The summed E-state index contributed by atoms with van der Waals surface area (Å²) in [7, 11) is -3.47. The number of nitrogens with one attached hydrogen (secondary N) is 2. The summed E-state index contributed by atoms with van der Waals surface area (Å²) < 4.78 is 27.4. The maximum Gasteiger partial charge on any atom is 0.243 e. The maximum atomic E-state index is 12.9. The molecule has 2 atom stereocenters. The molecule has 1 aromatic rings. The van der Waals surface area contributed by atoms with Crippen molar-refractivity contribution in [2.75, 3.05) is 26.2 Å². The number of benzene rings is 1. The van der Waals surface area contributed by atoms with E-state index in [0.717, 1.165) is 44.2 Å². The van der Waals surface area contributed by atoms with E-state index in [1.54, 1.807) is 16.4 Å². The summed E-state index contributed by atoms with van der Waals surface area (Å²) in [6.45, 7) is 4.50. The second-order valence-electron chi connectivity index (χ2n) is 7.26. The van der Waals surface area contributed by atoms with Gasteiger partial charge in [-0.05, 0) is 62.3 Å². The lowest BCUT2D eigenvalue weighted by molar-refractivity contribution is -0.123. The average molecular weight is 380 g/mol. The standard InChI is InChI=1S/C19H29N3O3S/c1-2-15-7-9-17(10-8-15)26(24,25)22-12-4-5-16(14-22)13-21-19(23)18-6-3-11-20-18/h7-10,16,18,20H,2-6,11-14H2,1H3,(H,21,23). The summed E-state index contributed by atoms with van der Waals surface area (Å²) in [5.74, 6) is 0.205. The zero-order chi connectivity index (χ0) is 18.6. The molecular formula is C19H29N3O3S. The van der Waals surface area contributed by atoms with E-state index in [-0.39, 0.29) is 17.9 Å². The lowest BCUT2D eigenvalue weighted by Crippen LogP contribution is -2.46. The van der Waals surface area contributed by atoms with Gasteiger partial charge in [0.15, 0.2) is 0 Å². The molecule has 0 radical (unpaired) electrons. The first-order valence-electron chi connectivity index (χ1n) is 9.61. The van der Waals surface area contributed by atoms with Crippen LogP contribution in [-0.2, 0) is 21.2 Å². The van der Waals surface area contributed by atoms with E-state index in [0.29, 0.717) is 24.5 Å². The third-order valence-corrected chi connectivity index (χ3v) is 7.27. The molecule has 2 fully saturated rings. The Balaban J connectivity index is 1.58. The first-order chi connectivity index (χ1) is 12.5. The smallest absolute Gasteiger partial charge is 0.243 e. The third kappa shape index (κ3) is 4.45. The molecule has 2 unspecified atom stereocenters. The lowest BCUT2D eigenvalue weighted by atomic mass is 9.99. The molecule has 2 heterocycles. The number of hydrogen-bond donors (Lipinski definition) is 2. The minimum atomic E-state index is -3.47. The number of piperidine rings is 1. The number of nitrogens with zero attached hydrogens (tertiary/aromatic N) is 1. The van der Waals surface area contributed by atoms with Gasteiger partial charge in [0.25, 0.3) is 0 Å². The highest BCUT2D eigenvalue weighted by Crippen LogP contribution is 2.24. The van der Waals surface area contributed by atoms with Crippen LogP contribution in [0.15, 0.2) is 29.2 Å². The minimum Gasteiger partial charge on any atom is -0.354 e. The van der Waals surface area contributed by atoms with E-state index in [1.165, 1.54) is 0 Å². The zero-order valence-corrected chi connectivity index (χ0v) is 16.2. The van der Waals surface area contributed by atoms with Crippen molar-refractivity contribution < 1.29 is 13.2 Å². The second-order valence-corrected chi connectivity index (χ2v) is 9.20. The van der Waals surface area contributed by atoms with E-state index in [9.17, 15) is 13.2 Å². The summed E-state index contributed by atoms with van der Waals surface area (Å²) in [4.78, 5) is 12.5. The number of amides is 1. The highest BCUT2D eigenvalue weighted by molar-refractivity contribution is 7.89. The molecule has 2 aliphatic heterocycles. The van der Waals surface area contributed by atoms with Crippen molar-refractivity contribution in [3.63, 3.8) is 0 Å². The minimum absolute atomic E-state index is 0.0395. The molecule has 3 rings (SSSR count). The Hall–Kier alpha value is -1.44. The molecule has 144 valence electrons. The Labute approximate surface area is 156 Å². The quantitative estimate of drug-likeness (QED) is 0.785. The Kier molecular flexibility index (Phi) is 6.32. The van der Waals surface area contributed by atoms with Crippen LogP contribution in [0.1, 0.15) is 38.2 Å². The molecule has 2 N–H and O–H groups in total. The van der Waals surface area contributed by atoms with Crippen LogP contribution in [0.5, 0.6) is 0 Å². The molecule has 1 amide bonds. The Morgan fingerprint density at radius 3 is 2.65 bits per heavy atom. The van der Waals surface area contributed by atoms with Crippen LogP contribution in [0.3, 0.4) is 0 Å². The first-order valence-corrected chi connectivity index (χ1v) is 11.0. The van der Waals surface area contributed by atoms with Gasteiger partial charge in [-0.15, -0.1) is 0 Å². The highest BCUT2D eigenvalue weighted by Gasteiger charge is 2.31. The largest absolute Gasteiger partial charge is 0.354 e. The summed E-state index contributed by atoms with van der Waals surface area (Å²) in [5, 5.41) is 6.19. The van der Waals surface area contributed by atoms with Crippen molar-refractivity contribution in [1.82, 2.24) is 14.9 Å². The number of aryl methyl sites for hydroxylation is 1. The number of rotatable bonds is 6. The summed E-state index contributed by atoms with van der Waals surface area (Å²) in [6, 6.07) is 7.07. The van der Waals surface area contributed by atoms with Crippen LogP contribution in [0.25, 0.3) is 0 Å². The predicted molar refractivity (Wildman–Crippen MR) is 101 cm³/mol. The second kappa shape index (κ2) is 8.50. The van der Waals surface area contributed by atoms with E-state index in [1.807, 2.05) is 19.1 Å². The fourth-order valence-corrected chi connectivity index (χ4v) is 5.29. The zero-order valence-electron chi connectivity index (χ0n) is 15.4. The molecule has 0 aliphatic carbocycles. The Morgan fingerprint density at radius 2 is 2.00 bits per heavy atom. The summed E-state index contributed by atoms with van der Waals surface area (Å²) in [6.07, 6.45) is 4.57. The fraction of sp³-hybridized carbons (Fsp3) is 0.632. The van der Waals surface area contributed by atoms with Gasteiger partial charge in [-0.3, -0.25) is 4.79 Å². The molecule has 0 spiro atoms. The number of hydrogen-bond acceptors (Lipinski definition) is 4. The van der Waals surface area contributed by atoms with Crippen LogP contribution in [-0.4, -0.2) is 50.9 Å². The highest BCUT2D eigenvalue weighted by atomic mass is 32.2. The fourth-order valence-electron chi connectivity index (χ4n) is 3.73. The number of carbonyl (C=O) groups excluding carboxylic acids is 1. The van der Waals surface area contributed by atoms with Gasteiger partial charge >= 0.3 is 0 Å². The summed E-state index contributed by atoms with van der Waals surface area (Å²) in [5.41, 5.74) is 1.13. The molecule has 0 bridgehead atoms. The van der Waals surface area contributed by atoms with Crippen molar-refractivity contribution >= 4 is 15.9 Å². The van der Waals surface area contributed by atoms with Gasteiger partial charge < -0.3 is 10.6 Å². The number of sulfonamides is 1. The Bertz CT molecular complexity index is 712. The van der Waals surface area contributed by atoms with Crippen LogP contribution < -0.4 is 10.6 Å². The molecule has 0 saturated carbocycles. The predicted octanol–water partition coefficient (Wildman–Crippen LogP) is 1.52. The first kappa shape index (κ1) is 19.3. The van der Waals surface area contributed by atoms with Crippen molar-refractivity contribution in [3.05, 3.63) is 29.8 Å². The Morgan fingerprint density at radius 1 is 1.23 bits per heavy atom. The lowest BCUT2D eigenvalue weighted by Gasteiger charge is -2.32. The van der Waals surface area contributed by atoms with Crippen LogP contribution >= 0.6 is 0 Å². The molecule has 2 saturated heterocycles. The molecule has 2 aliphatic rings. The topological polar surface area (TPSA) is 78.5 Å². The molecule has 6 nitrogen and oxygen atoms in total. The van der Waals surface area contributed by atoms with Crippen LogP contribution in [0.4, 0.5) is 0 Å². The maximum absolute atomic E-state index is 12.9. The monoisotopic (exact) mass is 379 g/mol. The van der Waals surface area contributed by atoms with Gasteiger partial charge in [-0.1, -0.05) is 19.1 Å². The van der Waals surface area contributed by atoms with Crippen molar-refractivity contribution in [1.29, 1.82) is 0 Å². The molecule has 7 heteroatoms. The molecule has 0 aromatic heterocycles. The SMILES string of the molecule is CCc1ccc(S(=O)(=O)N2CCCC(CNC(=O)C3CCCN3)C2)cc1. The van der Waals surface area contributed by atoms with Gasteiger partial charge in [0.2, 0.25) is 15.9 Å². The molecule has 1 aromatic carbocycles. The van der Waals surface area contributed by atoms with E-state index >= 15 is 0 Å². The van der Waals surface area contributed by atoms with Gasteiger partial charge in [-0.25, -0.2) is 8.42 Å². The van der Waals surface area contributed by atoms with Crippen molar-refractivity contribution in [3.8, 4) is 0 Å². The van der Waals surface area contributed by atoms with E-state index < -0.39 is 10.0 Å². The van der Waals surface area contributed by atoms with Crippen molar-refractivity contribution in [2.45, 2.75) is 50.0 Å². The average Bonchev–Trinajstić information content (AvgIpc) is 3.21. The third-order valence-electron chi connectivity index (χ3n) is 5.39. The van der Waals surface area contributed by atoms with Crippen molar-refractivity contribution in [2.24, 2.45) is 5.92 Å². The van der Waals surface area contributed by atoms with Crippen LogP contribution in [0.2, 0.25) is 0 Å². The normalized spacial score (nSPS) is 24.5.